The van der Waals surface area contributed by atoms with E-state index in [0.29, 0.717) is 11.8 Å². The van der Waals surface area contributed by atoms with Gasteiger partial charge in [-0.3, -0.25) is 0 Å². The summed E-state index contributed by atoms with van der Waals surface area (Å²) in [5, 5.41) is 13.2. The van der Waals surface area contributed by atoms with Crippen molar-refractivity contribution in [1.29, 1.82) is 0 Å². The summed E-state index contributed by atoms with van der Waals surface area (Å²) in [4.78, 5) is 0. The Bertz CT molecular complexity index is 548. The lowest BCUT2D eigenvalue weighted by atomic mass is 10.1. The van der Waals surface area contributed by atoms with Crippen LogP contribution in [0.2, 0.25) is 0 Å². The summed E-state index contributed by atoms with van der Waals surface area (Å²) < 4.78 is 2.18. The Morgan fingerprint density at radius 2 is 2.05 bits per heavy atom. The summed E-state index contributed by atoms with van der Waals surface area (Å²) >= 11 is 0. The monoisotopic (exact) mass is 286 g/mol. The van der Waals surface area contributed by atoms with Crippen molar-refractivity contribution >= 4 is 0 Å². The molecule has 0 amide bonds. The second kappa shape index (κ2) is 7.89. The van der Waals surface area contributed by atoms with Gasteiger partial charge in [-0.1, -0.05) is 32.4 Å². The Labute approximate surface area is 127 Å². The molecule has 2 rings (SSSR count). The number of phenolic OH excluding ortho intramolecular Hbond substituents is 1. The van der Waals surface area contributed by atoms with Gasteiger partial charge in [-0.2, -0.15) is 0 Å². The maximum absolute atomic E-state index is 9.53. The number of aromatic nitrogens is 1. The first-order chi connectivity index (χ1) is 10.2. The van der Waals surface area contributed by atoms with Gasteiger partial charge in [0.05, 0.1) is 0 Å². The number of hydrogen-bond acceptors (Lipinski definition) is 2. The fourth-order valence-corrected chi connectivity index (χ4v) is 2.62. The summed E-state index contributed by atoms with van der Waals surface area (Å²) in [6, 6.07) is 10.1. The van der Waals surface area contributed by atoms with Gasteiger partial charge in [0.2, 0.25) is 0 Å². The number of benzene rings is 1. The van der Waals surface area contributed by atoms with E-state index >= 15 is 0 Å². The van der Waals surface area contributed by atoms with Gasteiger partial charge in [-0.25, -0.2) is 0 Å². The molecule has 0 aliphatic carbocycles. The third kappa shape index (κ3) is 4.64. The lowest BCUT2D eigenvalue weighted by Gasteiger charge is -2.16. The van der Waals surface area contributed by atoms with Crippen molar-refractivity contribution in [3.8, 4) is 5.75 Å². The molecule has 1 aromatic carbocycles. The zero-order chi connectivity index (χ0) is 15.1. The Hall–Kier alpha value is -1.74. The van der Waals surface area contributed by atoms with Gasteiger partial charge < -0.3 is 15.0 Å². The largest absolute Gasteiger partial charge is 0.508 e. The van der Waals surface area contributed by atoms with Crippen LogP contribution < -0.4 is 5.32 Å². The van der Waals surface area contributed by atoms with Gasteiger partial charge >= 0.3 is 0 Å². The SMILES string of the molecule is CCCNC(CCC)c1ccn(Cc2cccc(O)c2)c1. The summed E-state index contributed by atoms with van der Waals surface area (Å²) in [7, 11) is 0. The zero-order valence-electron chi connectivity index (χ0n) is 13.0. The van der Waals surface area contributed by atoms with Crippen LogP contribution in [0.1, 0.15) is 50.3 Å². The first-order valence-electron chi connectivity index (χ1n) is 7.90. The molecule has 0 fully saturated rings. The van der Waals surface area contributed by atoms with Gasteiger partial charge in [0.1, 0.15) is 5.75 Å². The van der Waals surface area contributed by atoms with E-state index in [0.717, 1.165) is 31.5 Å². The van der Waals surface area contributed by atoms with E-state index < -0.39 is 0 Å². The number of aromatic hydroxyl groups is 1. The molecular weight excluding hydrogens is 260 g/mol. The molecule has 2 N–H and O–H groups in total. The Morgan fingerprint density at radius 3 is 2.76 bits per heavy atom. The van der Waals surface area contributed by atoms with Crippen molar-refractivity contribution in [2.75, 3.05) is 6.54 Å². The van der Waals surface area contributed by atoms with Crippen LogP contribution in [0.15, 0.2) is 42.7 Å². The lowest BCUT2D eigenvalue weighted by molar-refractivity contribution is 0.474. The van der Waals surface area contributed by atoms with Gasteiger partial charge in [0, 0.05) is 25.0 Å². The molecule has 1 atom stereocenters. The summed E-state index contributed by atoms with van der Waals surface area (Å²) in [5.41, 5.74) is 2.47. The van der Waals surface area contributed by atoms with Crippen molar-refractivity contribution in [3.63, 3.8) is 0 Å². The van der Waals surface area contributed by atoms with Gasteiger partial charge in [0.15, 0.2) is 0 Å². The van der Waals surface area contributed by atoms with Crippen LogP contribution in [-0.4, -0.2) is 16.2 Å². The highest BCUT2D eigenvalue weighted by atomic mass is 16.3. The average molecular weight is 286 g/mol. The van der Waals surface area contributed by atoms with E-state index in [-0.39, 0.29) is 0 Å². The van der Waals surface area contributed by atoms with E-state index in [1.165, 1.54) is 12.0 Å². The Morgan fingerprint density at radius 1 is 1.19 bits per heavy atom. The van der Waals surface area contributed by atoms with Crippen molar-refractivity contribution in [1.82, 2.24) is 9.88 Å². The molecule has 0 radical (unpaired) electrons. The standard InChI is InChI=1S/C18H26N2O/c1-3-6-18(19-10-4-2)16-9-11-20(14-16)13-15-7-5-8-17(21)12-15/h5,7-9,11-12,14,18-19,21H,3-4,6,10,13H2,1-2H3. The van der Waals surface area contributed by atoms with Crippen LogP contribution in [0, 0.1) is 0 Å². The third-order valence-electron chi connectivity index (χ3n) is 3.67. The predicted octanol–water partition coefficient (Wildman–Crippen LogP) is 4.08. The molecule has 1 unspecified atom stereocenters. The first kappa shape index (κ1) is 15.6. The molecule has 0 aliphatic rings. The normalized spacial score (nSPS) is 12.5. The molecule has 0 aliphatic heterocycles. The third-order valence-corrected chi connectivity index (χ3v) is 3.67. The van der Waals surface area contributed by atoms with Gasteiger partial charge in [-0.15, -0.1) is 0 Å². The maximum atomic E-state index is 9.53. The number of rotatable bonds is 8. The van der Waals surface area contributed by atoms with E-state index in [1.807, 2.05) is 18.2 Å². The number of phenols is 1. The second-order valence-electron chi connectivity index (χ2n) is 5.58. The minimum atomic E-state index is 0.327. The maximum Gasteiger partial charge on any atom is 0.115 e. The molecule has 0 saturated heterocycles. The quantitative estimate of drug-likeness (QED) is 0.767. The molecule has 1 aromatic heterocycles. The summed E-state index contributed by atoms with van der Waals surface area (Å²) in [6.45, 7) is 6.27. The highest BCUT2D eigenvalue weighted by Crippen LogP contribution is 2.20. The fraction of sp³-hybridized carbons (Fsp3) is 0.444. The first-order valence-corrected chi connectivity index (χ1v) is 7.90. The summed E-state index contributed by atoms with van der Waals surface area (Å²) in [6.07, 6.45) is 7.84. The van der Waals surface area contributed by atoms with Crippen LogP contribution >= 0.6 is 0 Å². The average Bonchev–Trinajstić information content (AvgIpc) is 2.92. The van der Waals surface area contributed by atoms with Crippen molar-refractivity contribution in [2.24, 2.45) is 0 Å². The van der Waals surface area contributed by atoms with Crippen LogP contribution in [0.25, 0.3) is 0 Å². The molecule has 3 heteroatoms. The molecule has 2 aromatic rings. The number of nitrogens with one attached hydrogen (secondary N) is 1. The highest BCUT2D eigenvalue weighted by Gasteiger charge is 2.11. The van der Waals surface area contributed by atoms with E-state index in [2.05, 4.69) is 42.2 Å². The van der Waals surface area contributed by atoms with Crippen LogP contribution in [-0.2, 0) is 6.54 Å². The Balaban J connectivity index is 2.05. The molecule has 21 heavy (non-hydrogen) atoms. The Kier molecular flexibility index (Phi) is 5.88. The second-order valence-corrected chi connectivity index (χ2v) is 5.58. The van der Waals surface area contributed by atoms with Crippen LogP contribution in [0.5, 0.6) is 5.75 Å². The molecule has 114 valence electrons. The van der Waals surface area contributed by atoms with E-state index in [1.54, 1.807) is 6.07 Å². The predicted molar refractivity (Wildman–Crippen MR) is 87.6 cm³/mol. The van der Waals surface area contributed by atoms with Crippen LogP contribution in [0.4, 0.5) is 0 Å². The lowest BCUT2D eigenvalue weighted by Crippen LogP contribution is -2.21. The van der Waals surface area contributed by atoms with E-state index in [4.69, 9.17) is 0 Å². The van der Waals surface area contributed by atoms with E-state index in [9.17, 15) is 5.11 Å². The van der Waals surface area contributed by atoms with Crippen molar-refractivity contribution in [2.45, 2.75) is 45.7 Å². The minimum absolute atomic E-state index is 0.327. The van der Waals surface area contributed by atoms with Gasteiger partial charge in [-0.05, 0) is 48.7 Å². The number of nitrogens with zero attached hydrogens (tertiary/aromatic N) is 1. The summed E-state index contributed by atoms with van der Waals surface area (Å²) in [5.74, 6) is 0.327. The molecule has 1 heterocycles. The molecular formula is C18H26N2O. The van der Waals surface area contributed by atoms with Gasteiger partial charge in [0.25, 0.3) is 0 Å². The smallest absolute Gasteiger partial charge is 0.115 e. The van der Waals surface area contributed by atoms with Crippen molar-refractivity contribution < 1.29 is 5.11 Å². The van der Waals surface area contributed by atoms with Crippen LogP contribution in [0.3, 0.4) is 0 Å². The fourth-order valence-electron chi connectivity index (χ4n) is 2.62. The van der Waals surface area contributed by atoms with Crippen molar-refractivity contribution in [3.05, 3.63) is 53.9 Å². The zero-order valence-corrected chi connectivity index (χ0v) is 13.0. The molecule has 3 nitrogen and oxygen atoms in total. The number of hydrogen-bond donors (Lipinski definition) is 2. The molecule has 0 saturated carbocycles. The molecule has 0 bridgehead atoms. The topological polar surface area (TPSA) is 37.2 Å². The highest BCUT2D eigenvalue weighted by molar-refractivity contribution is 5.28. The molecule has 0 spiro atoms. The minimum Gasteiger partial charge on any atom is -0.508 e.